The Bertz CT molecular complexity index is 378. The van der Waals surface area contributed by atoms with Crippen LogP contribution in [0.25, 0.3) is 0 Å². The molecule has 0 radical (unpaired) electrons. The van der Waals surface area contributed by atoms with Gasteiger partial charge in [0.05, 0.1) is 6.42 Å². The Morgan fingerprint density at radius 1 is 1.30 bits per heavy atom. The highest BCUT2D eigenvalue weighted by molar-refractivity contribution is 5.93. The summed E-state index contributed by atoms with van der Waals surface area (Å²) in [5.74, 6) is -0.700. The number of amides is 2. The number of hydrogen-bond donors (Lipinski definition) is 1. The van der Waals surface area contributed by atoms with E-state index in [1.54, 1.807) is 20.8 Å². The van der Waals surface area contributed by atoms with Crippen LogP contribution in [0.1, 0.15) is 46.5 Å². The molecule has 0 aromatic carbocycles. The van der Waals surface area contributed by atoms with Crippen LogP contribution in [0.5, 0.6) is 0 Å². The molecule has 1 atom stereocenters. The van der Waals surface area contributed by atoms with Crippen LogP contribution in [0.4, 0.5) is 13.2 Å². The molecular weight excluding hydrogens is 273 g/mol. The first kappa shape index (κ1) is 16.8. The van der Waals surface area contributed by atoms with Gasteiger partial charge in [-0.15, -0.1) is 0 Å². The zero-order chi connectivity index (χ0) is 15.6. The first-order chi connectivity index (χ1) is 9.15. The van der Waals surface area contributed by atoms with E-state index in [-0.39, 0.29) is 12.3 Å². The lowest BCUT2D eigenvalue weighted by Gasteiger charge is -2.35. The Morgan fingerprint density at radius 3 is 2.30 bits per heavy atom. The highest BCUT2D eigenvalue weighted by Gasteiger charge is 2.44. The minimum absolute atomic E-state index is 0.0331. The van der Waals surface area contributed by atoms with Gasteiger partial charge in [0.15, 0.2) is 0 Å². The lowest BCUT2D eigenvalue weighted by atomic mass is 9.91. The minimum atomic E-state index is -4.31. The van der Waals surface area contributed by atoms with E-state index >= 15 is 0 Å². The van der Waals surface area contributed by atoms with Crippen LogP contribution in [0, 0.1) is 0 Å². The normalized spacial score (nSPS) is 23.5. The average molecular weight is 294 g/mol. The molecule has 0 bridgehead atoms. The van der Waals surface area contributed by atoms with Crippen molar-refractivity contribution in [2.45, 2.75) is 64.2 Å². The minimum Gasteiger partial charge on any atom is -0.342 e. The summed E-state index contributed by atoms with van der Waals surface area (Å²) >= 11 is 0. The van der Waals surface area contributed by atoms with Gasteiger partial charge in [-0.05, 0) is 19.8 Å². The van der Waals surface area contributed by atoms with Crippen molar-refractivity contribution in [2.24, 2.45) is 0 Å². The molecule has 4 nitrogen and oxygen atoms in total. The predicted molar refractivity (Wildman–Crippen MR) is 67.9 cm³/mol. The molecule has 20 heavy (non-hydrogen) atoms. The van der Waals surface area contributed by atoms with E-state index in [9.17, 15) is 22.8 Å². The number of carbonyl (C=O) groups is 2. The lowest BCUT2D eigenvalue weighted by molar-refractivity contribution is -0.151. The fourth-order valence-corrected chi connectivity index (χ4v) is 2.52. The van der Waals surface area contributed by atoms with Crippen molar-refractivity contribution in [3.63, 3.8) is 0 Å². The third-order valence-electron chi connectivity index (χ3n) is 3.91. The van der Waals surface area contributed by atoms with E-state index in [0.29, 0.717) is 12.8 Å². The van der Waals surface area contributed by atoms with E-state index in [2.05, 4.69) is 5.32 Å². The maximum absolute atomic E-state index is 12.5. The monoisotopic (exact) mass is 294 g/mol. The molecule has 0 aromatic rings. The lowest BCUT2D eigenvalue weighted by Crippen LogP contribution is -2.57. The van der Waals surface area contributed by atoms with Gasteiger partial charge in [0.25, 0.3) is 0 Å². The first-order valence-electron chi connectivity index (χ1n) is 6.84. The van der Waals surface area contributed by atoms with Crippen LogP contribution < -0.4 is 5.32 Å². The zero-order valence-corrected chi connectivity index (χ0v) is 12.0. The fraction of sp³-hybridized carbons (Fsp3) is 0.846. The Kier molecular flexibility index (Phi) is 5.05. The van der Waals surface area contributed by atoms with Crippen LogP contribution in [-0.2, 0) is 9.59 Å². The van der Waals surface area contributed by atoms with Gasteiger partial charge in [-0.25, -0.2) is 0 Å². The maximum Gasteiger partial charge on any atom is 0.390 e. The fourth-order valence-electron chi connectivity index (χ4n) is 2.52. The zero-order valence-electron chi connectivity index (χ0n) is 12.0. The van der Waals surface area contributed by atoms with Gasteiger partial charge < -0.3 is 10.2 Å². The molecule has 0 saturated carbocycles. The number of carbonyl (C=O) groups excluding carboxylic acids is 2. The summed E-state index contributed by atoms with van der Waals surface area (Å²) in [6, 6.07) is -0.523. The second-order valence-electron chi connectivity index (χ2n) is 5.25. The van der Waals surface area contributed by atoms with Gasteiger partial charge in [0, 0.05) is 19.0 Å². The van der Waals surface area contributed by atoms with E-state index < -0.39 is 36.6 Å². The molecule has 0 aromatic heterocycles. The molecule has 0 aliphatic carbocycles. The van der Waals surface area contributed by atoms with Crippen molar-refractivity contribution in [3.05, 3.63) is 0 Å². The van der Waals surface area contributed by atoms with E-state index in [1.165, 1.54) is 4.90 Å². The van der Waals surface area contributed by atoms with Gasteiger partial charge >= 0.3 is 6.18 Å². The van der Waals surface area contributed by atoms with Crippen molar-refractivity contribution in [1.82, 2.24) is 10.2 Å². The SMILES string of the molecule is CCC1(CC)NC(=O)CC(C)N(CCC(F)(F)F)C1=O. The molecule has 116 valence electrons. The van der Waals surface area contributed by atoms with Crippen LogP contribution in [-0.4, -0.2) is 41.0 Å². The molecule has 7 heteroatoms. The number of rotatable bonds is 4. The molecule has 1 saturated heterocycles. The topological polar surface area (TPSA) is 49.4 Å². The number of nitrogens with zero attached hydrogens (tertiary/aromatic N) is 1. The number of alkyl halides is 3. The number of hydrogen-bond acceptors (Lipinski definition) is 2. The molecule has 1 unspecified atom stereocenters. The van der Waals surface area contributed by atoms with Gasteiger partial charge in [-0.1, -0.05) is 13.8 Å². The maximum atomic E-state index is 12.5. The Balaban J connectivity index is 3.00. The highest BCUT2D eigenvalue weighted by atomic mass is 19.4. The highest BCUT2D eigenvalue weighted by Crippen LogP contribution is 2.27. The quantitative estimate of drug-likeness (QED) is 0.864. The predicted octanol–water partition coefficient (Wildman–Crippen LogP) is 2.23. The molecule has 1 rings (SSSR count). The van der Waals surface area contributed by atoms with Crippen molar-refractivity contribution in [2.75, 3.05) is 6.54 Å². The molecule has 1 heterocycles. The van der Waals surface area contributed by atoms with Crippen molar-refractivity contribution in [3.8, 4) is 0 Å². The summed E-state index contributed by atoms with van der Waals surface area (Å²) in [6.45, 7) is 4.70. The number of nitrogens with one attached hydrogen (secondary N) is 1. The summed E-state index contributed by atoms with van der Waals surface area (Å²) in [7, 11) is 0. The van der Waals surface area contributed by atoms with Gasteiger partial charge in [-0.2, -0.15) is 13.2 Å². The summed E-state index contributed by atoms with van der Waals surface area (Å²) in [5.41, 5.74) is -1.08. The van der Waals surface area contributed by atoms with Crippen molar-refractivity contribution >= 4 is 11.8 Å². The second-order valence-corrected chi connectivity index (χ2v) is 5.25. The van der Waals surface area contributed by atoms with Crippen molar-refractivity contribution in [1.29, 1.82) is 0 Å². The van der Waals surface area contributed by atoms with E-state index in [4.69, 9.17) is 0 Å². The molecule has 1 aliphatic heterocycles. The Morgan fingerprint density at radius 2 is 1.85 bits per heavy atom. The largest absolute Gasteiger partial charge is 0.390 e. The van der Waals surface area contributed by atoms with Crippen LogP contribution in [0.15, 0.2) is 0 Å². The van der Waals surface area contributed by atoms with Gasteiger partial charge in [0.2, 0.25) is 11.8 Å². The third-order valence-corrected chi connectivity index (χ3v) is 3.91. The Hall–Kier alpha value is -1.27. The average Bonchev–Trinajstić information content (AvgIpc) is 2.42. The van der Waals surface area contributed by atoms with E-state index in [0.717, 1.165) is 0 Å². The molecule has 1 N–H and O–H groups in total. The van der Waals surface area contributed by atoms with Gasteiger partial charge in [-0.3, -0.25) is 9.59 Å². The van der Waals surface area contributed by atoms with Gasteiger partial charge in [0.1, 0.15) is 5.54 Å². The molecule has 1 aliphatic rings. The number of halogens is 3. The third kappa shape index (κ3) is 3.64. The van der Waals surface area contributed by atoms with Crippen LogP contribution in [0.3, 0.4) is 0 Å². The smallest absolute Gasteiger partial charge is 0.342 e. The Labute approximate surface area is 116 Å². The summed E-state index contributed by atoms with van der Waals surface area (Å²) in [6.07, 6.45) is -4.61. The molecule has 0 spiro atoms. The van der Waals surface area contributed by atoms with Crippen molar-refractivity contribution < 1.29 is 22.8 Å². The standard InChI is InChI=1S/C13H21F3N2O2/c1-4-12(5-2)11(20)18(7-6-13(14,15)16)9(3)8-10(19)17-12/h9H,4-8H2,1-3H3,(H,17,19). The summed E-state index contributed by atoms with van der Waals surface area (Å²) in [5, 5.41) is 2.69. The van der Waals surface area contributed by atoms with Crippen LogP contribution in [0.2, 0.25) is 0 Å². The van der Waals surface area contributed by atoms with E-state index in [1.807, 2.05) is 0 Å². The second kappa shape index (κ2) is 6.01. The first-order valence-corrected chi connectivity index (χ1v) is 6.84. The molecule has 2 amide bonds. The molecule has 1 fully saturated rings. The van der Waals surface area contributed by atoms with Crippen LogP contribution >= 0.6 is 0 Å². The molecular formula is C13H21F3N2O2. The summed E-state index contributed by atoms with van der Waals surface area (Å²) < 4.78 is 37.1. The summed E-state index contributed by atoms with van der Waals surface area (Å²) in [4.78, 5) is 25.5.